The molecule has 21 heavy (non-hydrogen) atoms. The highest BCUT2D eigenvalue weighted by molar-refractivity contribution is 5.92. The van der Waals surface area contributed by atoms with Gasteiger partial charge in [0.1, 0.15) is 5.56 Å². The maximum Gasteiger partial charge on any atom is 0.573 e. The van der Waals surface area contributed by atoms with Crippen LogP contribution in [-0.2, 0) is 17.5 Å². The van der Waals surface area contributed by atoms with Gasteiger partial charge in [0.25, 0.3) is 0 Å². The van der Waals surface area contributed by atoms with Gasteiger partial charge in [-0.2, -0.15) is 13.2 Å². The molecule has 0 radical (unpaired) electrons. The third kappa shape index (κ3) is 3.97. The minimum absolute atomic E-state index is 0.287. The summed E-state index contributed by atoms with van der Waals surface area (Å²) in [7, 11) is 0.833. The number of hydrogen-bond acceptors (Lipinski definition) is 5. The molecule has 11 heteroatoms. The lowest BCUT2D eigenvalue weighted by molar-refractivity contribution is -0.275. The molecule has 0 saturated heterocycles. The van der Waals surface area contributed by atoms with Crippen molar-refractivity contribution >= 4 is 5.97 Å². The van der Waals surface area contributed by atoms with E-state index in [1.807, 2.05) is 0 Å². The van der Waals surface area contributed by atoms with Crippen LogP contribution in [0.5, 0.6) is 5.75 Å². The van der Waals surface area contributed by atoms with Crippen molar-refractivity contribution in [1.29, 1.82) is 0 Å². The molecule has 0 spiro atoms. The normalized spacial score (nSPS) is 12.2. The Kier molecular flexibility index (Phi) is 4.66. The molecule has 1 aromatic heterocycles. The van der Waals surface area contributed by atoms with E-state index in [1.54, 1.807) is 0 Å². The third-order valence-corrected chi connectivity index (χ3v) is 2.22. The predicted molar refractivity (Wildman–Crippen MR) is 55.2 cm³/mol. The van der Waals surface area contributed by atoms with Crippen LogP contribution in [0, 0.1) is 0 Å². The number of carbonyl (C=O) groups is 1. The Balaban J connectivity index is 3.60. The van der Waals surface area contributed by atoms with Crippen molar-refractivity contribution in [3.8, 4) is 5.75 Å². The fourth-order valence-corrected chi connectivity index (χ4v) is 1.46. The molecule has 0 bridgehead atoms. The molecule has 1 aromatic rings. The molecule has 0 aliphatic heterocycles. The van der Waals surface area contributed by atoms with Crippen molar-refractivity contribution in [2.75, 3.05) is 7.11 Å². The van der Waals surface area contributed by atoms with E-state index in [2.05, 4.69) is 14.5 Å². The average molecular weight is 318 g/mol. The molecule has 1 heterocycles. The monoisotopic (exact) mass is 318 g/mol. The number of hydrogen-bond donors (Lipinski definition) is 1. The first-order valence-corrected chi connectivity index (χ1v) is 5.14. The molecule has 0 aliphatic carbocycles. The minimum Gasteiger partial charge on any atom is -0.465 e. The molecule has 0 aromatic carbocycles. The van der Waals surface area contributed by atoms with Crippen molar-refractivity contribution in [2.45, 2.75) is 19.1 Å². The smallest absolute Gasteiger partial charge is 0.465 e. The van der Waals surface area contributed by atoms with Crippen LogP contribution >= 0.6 is 0 Å². The molecule has 118 valence electrons. The average Bonchev–Trinajstić information content (AvgIpc) is 2.34. The number of aromatic nitrogens is 1. The van der Waals surface area contributed by atoms with Gasteiger partial charge in [-0.3, -0.25) is 4.98 Å². The molecular formula is C10H8F6N2O3. The van der Waals surface area contributed by atoms with E-state index in [4.69, 9.17) is 5.73 Å². The molecule has 0 unspecified atom stereocenters. The summed E-state index contributed by atoms with van der Waals surface area (Å²) in [5.41, 5.74) is 1.36. The second-order valence-electron chi connectivity index (χ2n) is 3.57. The largest absolute Gasteiger partial charge is 0.573 e. The summed E-state index contributed by atoms with van der Waals surface area (Å²) in [4.78, 5) is 14.2. The van der Waals surface area contributed by atoms with Crippen molar-refractivity contribution in [1.82, 2.24) is 4.98 Å². The van der Waals surface area contributed by atoms with E-state index < -0.39 is 47.6 Å². The second-order valence-corrected chi connectivity index (χ2v) is 3.57. The van der Waals surface area contributed by atoms with Gasteiger partial charge in [0.2, 0.25) is 0 Å². The van der Waals surface area contributed by atoms with Gasteiger partial charge in [-0.05, 0) is 0 Å². The van der Waals surface area contributed by atoms with E-state index >= 15 is 0 Å². The van der Waals surface area contributed by atoms with Gasteiger partial charge in [0, 0.05) is 18.3 Å². The fraction of sp³-hybridized carbons (Fsp3) is 0.400. The van der Waals surface area contributed by atoms with Crippen LogP contribution in [0.4, 0.5) is 26.3 Å². The summed E-state index contributed by atoms with van der Waals surface area (Å²) >= 11 is 0. The number of nitrogens with two attached hydrogens (primary N) is 1. The van der Waals surface area contributed by atoms with Crippen LogP contribution in [0.2, 0.25) is 0 Å². The molecule has 5 nitrogen and oxygen atoms in total. The number of alkyl halides is 6. The van der Waals surface area contributed by atoms with E-state index in [-0.39, 0.29) is 6.20 Å². The topological polar surface area (TPSA) is 74.4 Å². The first kappa shape index (κ1) is 17.0. The summed E-state index contributed by atoms with van der Waals surface area (Å²) in [6, 6.07) is 0. The van der Waals surface area contributed by atoms with Crippen LogP contribution in [0.3, 0.4) is 0 Å². The Morgan fingerprint density at radius 2 is 1.86 bits per heavy atom. The first-order chi connectivity index (χ1) is 9.51. The quantitative estimate of drug-likeness (QED) is 0.683. The third-order valence-electron chi connectivity index (χ3n) is 2.22. The maximum atomic E-state index is 12.7. The highest BCUT2D eigenvalue weighted by Crippen LogP contribution is 2.38. The molecule has 0 amide bonds. The van der Waals surface area contributed by atoms with Crippen LogP contribution in [0.1, 0.15) is 21.6 Å². The zero-order valence-electron chi connectivity index (χ0n) is 10.3. The Morgan fingerprint density at radius 3 is 2.24 bits per heavy atom. The number of nitrogens with zero attached hydrogens (tertiary/aromatic N) is 1. The van der Waals surface area contributed by atoms with Gasteiger partial charge in [-0.25, -0.2) is 4.79 Å². The standard InChI is InChI=1S/C10H8F6N2O3/c1-20-8(19)5-3-18-7(9(11,12)13)4(2-17)6(5)21-10(14,15)16/h3H,2,17H2,1H3. The van der Waals surface area contributed by atoms with Crippen molar-refractivity contribution < 1.29 is 40.6 Å². The van der Waals surface area contributed by atoms with E-state index in [1.165, 1.54) is 0 Å². The molecule has 0 fully saturated rings. The summed E-state index contributed by atoms with van der Waals surface area (Å²) in [6.45, 7) is -0.974. The fourth-order valence-electron chi connectivity index (χ4n) is 1.46. The molecule has 0 saturated carbocycles. The second kappa shape index (κ2) is 5.76. The van der Waals surface area contributed by atoms with Gasteiger partial charge in [-0.15, -0.1) is 13.2 Å². The Labute approximate surface area is 113 Å². The van der Waals surface area contributed by atoms with Gasteiger partial charge >= 0.3 is 18.5 Å². The number of rotatable bonds is 3. The number of pyridine rings is 1. The Morgan fingerprint density at radius 1 is 1.29 bits per heavy atom. The van der Waals surface area contributed by atoms with E-state index in [0.29, 0.717) is 0 Å². The number of methoxy groups -OCH3 is 1. The summed E-state index contributed by atoms with van der Waals surface area (Å²) < 4.78 is 82.7. The Bertz CT molecular complexity index is 541. The molecule has 2 N–H and O–H groups in total. The highest BCUT2D eigenvalue weighted by Gasteiger charge is 2.41. The molecule has 0 aliphatic rings. The van der Waals surface area contributed by atoms with Gasteiger partial charge in [-0.1, -0.05) is 0 Å². The molecular weight excluding hydrogens is 310 g/mol. The lowest BCUT2D eigenvalue weighted by Gasteiger charge is -2.18. The maximum absolute atomic E-state index is 12.7. The number of halogens is 6. The highest BCUT2D eigenvalue weighted by atomic mass is 19.4. The lowest BCUT2D eigenvalue weighted by atomic mass is 10.1. The van der Waals surface area contributed by atoms with Crippen LogP contribution in [0.25, 0.3) is 0 Å². The minimum atomic E-state index is -5.32. The van der Waals surface area contributed by atoms with Crippen LogP contribution in [-0.4, -0.2) is 24.4 Å². The summed E-state index contributed by atoms with van der Waals surface area (Å²) in [5.74, 6) is -2.72. The van der Waals surface area contributed by atoms with Gasteiger partial charge in [0.05, 0.1) is 7.11 Å². The summed E-state index contributed by atoms with van der Waals surface area (Å²) in [5, 5.41) is 0. The zero-order chi connectivity index (χ0) is 16.4. The number of carbonyl (C=O) groups excluding carboxylic acids is 1. The SMILES string of the molecule is COC(=O)c1cnc(C(F)(F)F)c(CN)c1OC(F)(F)F. The van der Waals surface area contributed by atoms with Crippen molar-refractivity contribution in [2.24, 2.45) is 5.73 Å². The van der Waals surface area contributed by atoms with Crippen molar-refractivity contribution in [3.63, 3.8) is 0 Å². The van der Waals surface area contributed by atoms with Gasteiger partial charge in [0.15, 0.2) is 11.4 Å². The van der Waals surface area contributed by atoms with E-state index in [0.717, 1.165) is 7.11 Å². The number of ether oxygens (including phenoxy) is 2. The molecule has 0 atom stereocenters. The van der Waals surface area contributed by atoms with E-state index in [9.17, 15) is 31.1 Å². The summed E-state index contributed by atoms with van der Waals surface area (Å²) in [6.07, 6.45) is -10.1. The predicted octanol–water partition coefficient (Wildman–Crippen LogP) is 2.24. The van der Waals surface area contributed by atoms with Crippen molar-refractivity contribution in [3.05, 3.63) is 23.0 Å². The molecule has 1 rings (SSSR count). The van der Waals surface area contributed by atoms with Crippen LogP contribution in [0.15, 0.2) is 6.20 Å². The van der Waals surface area contributed by atoms with Gasteiger partial charge < -0.3 is 15.2 Å². The number of esters is 1. The first-order valence-electron chi connectivity index (χ1n) is 5.14. The van der Waals surface area contributed by atoms with Crippen LogP contribution < -0.4 is 10.5 Å². The lowest BCUT2D eigenvalue weighted by Crippen LogP contribution is -2.24. The zero-order valence-corrected chi connectivity index (χ0v) is 10.3. The Hall–Kier alpha value is -2.04.